The number of aromatic nitrogens is 4. The summed E-state index contributed by atoms with van der Waals surface area (Å²) in [6.07, 6.45) is 1.60. The number of para-hydroxylation sites is 4. The molecular weight excluding hydrogens is 629 g/mol. The van der Waals surface area contributed by atoms with Crippen LogP contribution in [0.15, 0.2) is 158 Å². The molecule has 5 nitrogen and oxygen atoms in total. The first-order valence-corrected chi connectivity index (χ1v) is 18.1. The van der Waals surface area contributed by atoms with E-state index in [1.165, 1.54) is 0 Å². The van der Waals surface area contributed by atoms with Gasteiger partial charge in [-0.2, -0.15) is 0 Å². The fraction of sp³-hybridized carbons (Fsp3) is 0.0455. The molecule has 0 saturated carbocycles. The molecule has 0 saturated heterocycles. The fourth-order valence-electron chi connectivity index (χ4n) is 7.18. The molecule has 0 fully saturated rings. The van der Waals surface area contributed by atoms with Crippen LogP contribution in [0.4, 0.5) is 0 Å². The van der Waals surface area contributed by atoms with Crippen molar-refractivity contribution in [2.45, 2.75) is 13.0 Å². The molecule has 1 aliphatic heterocycles. The van der Waals surface area contributed by atoms with Crippen molar-refractivity contribution in [2.24, 2.45) is 0 Å². The number of imidazole rings is 1. The van der Waals surface area contributed by atoms with E-state index in [2.05, 4.69) is 0 Å². The second-order valence-electron chi connectivity index (χ2n) is 12.3. The summed E-state index contributed by atoms with van der Waals surface area (Å²) in [6, 6.07) is 34.1. The van der Waals surface area contributed by atoms with Crippen molar-refractivity contribution in [1.29, 1.82) is 0 Å². The maximum Gasteiger partial charge on any atom is 0.145 e. The van der Waals surface area contributed by atoms with Crippen molar-refractivity contribution in [2.75, 3.05) is 0 Å². The molecule has 1 aliphatic rings. The molecule has 0 aliphatic carbocycles. The second-order valence-corrected chi connectivity index (χ2v) is 14.9. The average molecular weight is 672 g/mol. The minimum absolute atomic E-state index is 0.0269. The Hall–Kier alpha value is -6.24. The van der Waals surface area contributed by atoms with E-state index in [0.29, 0.717) is 66.8 Å². The highest BCUT2D eigenvalue weighted by molar-refractivity contribution is 7.03. The maximum absolute atomic E-state index is 8.78. The van der Waals surface area contributed by atoms with Gasteiger partial charge in [0.1, 0.15) is 31.2 Å². The third kappa shape index (κ3) is 4.32. The van der Waals surface area contributed by atoms with E-state index in [1.54, 1.807) is 83.6 Å². The van der Waals surface area contributed by atoms with Crippen LogP contribution in [0.25, 0.3) is 66.9 Å². The highest BCUT2D eigenvalue weighted by Crippen LogP contribution is 2.37. The van der Waals surface area contributed by atoms with Crippen LogP contribution in [0.3, 0.4) is 0 Å². The normalized spacial score (nSPS) is 16.8. The van der Waals surface area contributed by atoms with Gasteiger partial charge < -0.3 is 4.74 Å². The van der Waals surface area contributed by atoms with E-state index in [9.17, 15) is 0 Å². The standard InChI is InChI=1S/C44H32N4OSi/c1-50(2)41-22-11-7-18-35(41)36-28-45-43(27-42(36)50)48-38-20-9-6-17-33(38)34-24-23-32(26-40(34)48)49-31-16-12-13-29(25-31)44-46-37-19-8-10-21-39(37)47(44)30-14-4-3-5-15-30/h3-28H,1-2H3/i1D3,2D3,3D,4D,5D,14D,15D. The van der Waals surface area contributed by atoms with Crippen molar-refractivity contribution in [1.82, 2.24) is 19.1 Å². The van der Waals surface area contributed by atoms with E-state index in [1.807, 2.05) is 53.1 Å². The zero-order chi connectivity index (χ0) is 42.7. The molecular formula is C44H32N4OSi. The molecule has 10 rings (SSSR count). The van der Waals surface area contributed by atoms with Crippen molar-refractivity contribution >= 4 is 51.3 Å². The molecule has 9 aromatic rings. The van der Waals surface area contributed by atoms with E-state index < -0.39 is 39.2 Å². The van der Waals surface area contributed by atoms with Crippen molar-refractivity contribution in [3.05, 3.63) is 158 Å². The lowest BCUT2D eigenvalue weighted by Crippen LogP contribution is -2.49. The summed E-state index contributed by atoms with van der Waals surface area (Å²) in [5, 5.41) is 2.42. The number of pyridine rings is 1. The minimum atomic E-state index is -4.44. The third-order valence-corrected chi connectivity index (χ3v) is 11.9. The summed E-state index contributed by atoms with van der Waals surface area (Å²) >= 11 is 0. The van der Waals surface area contributed by atoms with Crippen LogP contribution >= 0.6 is 0 Å². The first-order chi connectivity index (χ1) is 29.1. The Balaban J connectivity index is 1.11. The highest BCUT2D eigenvalue weighted by Gasteiger charge is 2.38. The summed E-state index contributed by atoms with van der Waals surface area (Å²) in [5.74, 6) is 1.60. The molecule has 4 heterocycles. The summed E-state index contributed by atoms with van der Waals surface area (Å²) < 4.78 is 105. The molecule has 50 heavy (non-hydrogen) atoms. The number of ether oxygens (including phenoxy) is 1. The monoisotopic (exact) mass is 671 g/mol. The summed E-state index contributed by atoms with van der Waals surface area (Å²) in [4.78, 5) is 9.72. The first-order valence-electron chi connectivity index (χ1n) is 21.6. The zero-order valence-corrected chi connectivity index (χ0v) is 27.3. The highest BCUT2D eigenvalue weighted by atomic mass is 28.3. The molecule has 238 valence electrons. The Morgan fingerprint density at radius 3 is 2.32 bits per heavy atom. The smallest absolute Gasteiger partial charge is 0.145 e. The van der Waals surface area contributed by atoms with Gasteiger partial charge in [-0.1, -0.05) is 97.8 Å². The average Bonchev–Trinajstić information content (AvgIpc) is 3.88. The Labute approximate surface area is 306 Å². The largest absolute Gasteiger partial charge is 0.457 e. The lowest BCUT2D eigenvalue weighted by Gasteiger charge is -2.19. The molecule has 6 aromatic carbocycles. The number of fused-ring (bicyclic) bond motifs is 7. The predicted octanol–water partition coefficient (Wildman–Crippen LogP) is 9.78. The molecule has 0 radical (unpaired) electrons. The summed E-state index contributed by atoms with van der Waals surface area (Å²) in [5.41, 5.74) is 4.23. The van der Waals surface area contributed by atoms with Crippen LogP contribution in [0.1, 0.15) is 15.1 Å². The van der Waals surface area contributed by atoms with Crippen LogP contribution in [0.5, 0.6) is 11.5 Å². The van der Waals surface area contributed by atoms with Gasteiger partial charge in [-0.3, -0.25) is 9.13 Å². The lowest BCUT2D eigenvalue weighted by atomic mass is 10.1. The fourth-order valence-corrected chi connectivity index (χ4v) is 9.39. The van der Waals surface area contributed by atoms with Gasteiger partial charge in [0.05, 0.1) is 28.9 Å². The van der Waals surface area contributed by atoms with Crippen molar-refractivity contribution < 1.29 is 19.8 Å². The summed E-state index contributed by atoms with van der Waals surface area (Å²) in [7, 11) is -4.44. The van der Waals surface area contributed by atoms with Crippen LogP contribution < -0.4 is 15.1 Å². The van der Waals surface area contributed by atoms with Gasteiger partial charge in [0.2, 0.25) is 0 Å². The van der Waals surface area contributed by atoms with Crippen LogP contribution in [-0.2, 0) is 0 Å². The molecule has 0 spiro atoms. The Morgan fingerprint density at radius 1 is 0.640 bits per heavy atom. The maximum atomic E-state index is 8.78. The Kier molecular flexibility index (Phi) is 4.28. The number of hydrogen-bond acceptors (Lipinski definition) is 3. The van der Waals surface area contributed by atoms with Gasteiger partial charge in [0.25, 0.3) is 0 Å². The molecule has 0 unspecified atom stereocenters. The number of benzene rings is 6. The van der Waals surface area contributed by atoms with E-state index >= 15 is 0 Å². The molecule has 3 aromatic heterocycles. The number of rotatable bonds is 5. The molecule has 0 bridgehead atoms. The van der Waals surface area contributed by atoms with Gasteiger partial charge >= 0.3 is 0 Å². The van der Waals surface area contributed by atoms with E-state index in [4.69, 9.17) is 29.8 Å². The number of nitrogens with zero attached hydrogens (tertiary/aromatic N) is 4. The van der Waals surface area contributed by atoms with E-state index in [0.717, 1.165) is 16.3 Å². The Morgan fingerprint density at radius 2 is 1.42 bits per heavy atom. The molecule has 6 heteroatoms. The van der Waals surface area contributed by atoms with Gasteiger partial charge in [0, 0.05) is 42.5 Å². The SMILES string of the molecule is [2H]c1c([2H])c([2H])c(-n2c(-c3cccc(Oc4ccc5c6ccccc6n(-c6cc7c(cn6)-c6ccccc6[Si]7(C([2H])([2H])[2H])C([2H])([2H])[2H])c5c4)c3)nc3ccccc32)c([2H])c1[2H]. The van der Waals surface area contributed by atoms with Crippen LogP contribution in [0.2, 0.25) is 13.0 Å². The zero-order valence-electron chi connectivity index (χ0n) is 37.3. The first kappa shape index (κ1) is 19.7. The van der Waals surface area contributed by atoms with E-state index in [-0.39, 0.29) is 17.8 Å². The topological polar surface area (TPSA) is 44.9 Å². The summed E-state index contributed by atoms with van der Waals surface area (Å²) in [6.45, 7) is -5.60. The van der Waals surface area contributed by atoms with Crippen molar-refractivity contribution in [3.63, 3.8) is 0 Å². The Bertz CT molecular complexity index is 3260. The minimum Gasteiger partial charge on any atom is -0.457 e. The lowest BCUT2D eigenvalue weighted by molar-refractivity contribution is 0.483. The van der Waals surface area contributed by atoms with Gasteiger partial charge in [-0.25, -0.2) is 9.97 Å². The third-order valence-electron chi connectivity index (χ3n) is 9.39. The van der Waals surface area contributed by atoms with Crippen LogP contribution in [-0.4, -0.2) is 27.2 Å². The van der Waals surface area contributed by atoms with Gasteiger partial charge in [-0.15, -0.1) is 0 Å². The molecule has 0 N–H and O–H groups in total. The second kappa shape index (κ2) is 10.9. The van der Waals surface area contributed by atoms with Gasteiger partial charge in [0.15, 0.2) is 0 Å². The van der Waals surface area contributed by atoms with Gasteiger partial charge in [-0.05, 0) is 82.1 Å². The predicted molar refractivity (Wildman–Crippen MR) is 207 cm³/mol. The van der Waals surface area contributed by atoms with Crippen LogP contribution in [0, 0.1) is 0 Å². The molecule has 0 atom stereocenters. The molecule has 0 amide bonds. The quantitative estimate of drug-likeness (QED) is 0.171. The number of hydrogen-bond donors (Lipinski definition) is 0. The van der Waals surface area contributed by atoms with Crippen molar-refractivity contribution in [3.8, 4) is 45.5 Å².